The molecule has 1 heterocycles. The second-order valence-electron chi connectivity index (χ2n) is 4.03. The largest absolute Gasteiger partial charge is 0.370 e. The minimum atomic E-state index is 0.160. The molecule has 0 aliphatic carbocycles. The van der Waals surface area contributed by atoms with E-state index in [-0.39, 0.29) is 5.78 Å². The number of Topliss-reactive ketones (excluding diaryl/α,β-unsaturated/α-hetero) is 1. The number of hydrogen-bond donors (Lipinski definition) is 0. The van der Waals surface area contributed by atoms with Crippen LogP contribution in [0.5, 0.6) is 0 Å². The molecule has 1 aliphatic heterocycles. The summed E-state index contributed by atoms with van der Waals surface area (Å²) >= 11 is 2.00. The maximum Gasteiger partial charge on any atom is 0.161 e. The van der Waals surface area contributed by atoms with Crippen molar-refractivity contribution in [1.29, 1.82) is 0 Å². The van der Waals surface area contributed by atoms with Crippen LogP contribution in [0.4, 0.5) is 5.69 Å². The van der Waals surface area contributed by atoms with Crippen LogP contribution in [0.1, 0.15) is 23.7 Å². The highest BCUT2D eigenvalue weighted by molar-refractivity contribution is 7.99. The number of ketones is 1. The molecule has 0 spiro atoms. The third-order valence-electron chi connectivity index (χ3n) is 2.85. The Morgan fingerprint density at radius 1 is 1.25 bits per heavy atom. The van der Waals surface area contributed by atoms with E-state index in [9.17, 15) is 4.79 Å². The van der Waals surface area contributed by atoms with Gasteiger partial charge in [-0.15, -0.1) is 0 Å². The van der Waals surface area contributed by atoms with Gasteiger partial charge in [-0.3, -0.25) is 4.79 Å². The van der Waals surface area contributed by atoms with E-state index in [1.807, 2.05) is 30.0 Å². The number of rotatable bonds is 2. The molecule has 0 N–H and O–H groups in total. The summed E-state index contributed by atoms with van der Waals surface area (Å²) in [5.74, 6) is 2.55. The molecule has 0 atom stereocenters. The highest BCUT2D eigenvalue weighted by Crippen LogP contribution is 2.23. The first-order chi connectivity index (χ1) is 7.79. The van der Waals surface area contributed by atoms with Gasteiger partial charge in [-0.25, -0.2) is 0 Å². The van der Waals surface area contributed by atoms with E-state index < -0.39 is 0 Å². The molecule has 1 aromatic rings. The lowest BCUT2D eigenvalue weighted by Gasteiger charge is -2.24. The second-order valence-corrected chi connectivity index (χ2v) is 5.25. The molecule has 1 aliphatic rings. The van der Waals surface area contributed by atoms with Crippen LogP contribution >= 0.6 is 11.8 Å². The Balaban J connectivity index is 2.27. The van der Waals surface area contributed by atoms with Crippen LogP contribution in [-0.2, 0) is 0 Å². The molecule has 16 heavy (non-hydrogen) atoms. The number of anilines is 1. The van der Waals surface area contributed by atoms with E-state index in [0.717, 1.165) is 30.1 Å². The van der Waals surface area contributed by atoms with Crippen LogP contribution in [0.2, 0.25) is 0 Å². The minimum absolute atomic E-state index is 0.160. The first-order valence-corrected chi connectivity index (χ1v) is 6.87. The summed E-state index contributed by atoms with van der Waals surface area (Å²) in [6, 6.07) is 7.94. The maximum absolute atomic E-state index is 11.6. The van der Waals surface area contributed by atoms with Crippen molar-refractivity contribution in [3.05, 3.63) is 29.8 Å². The molecular formula is C13H17NOS. The van der Waals surface area contributed by atoms with Gasteiger partial charge in [0.15, 0.2) is 5.78 Å². The summed E-state index contributed by atoms with van der Waals surface area (Å²) in [7, 11) is 0. The molecule has 0 aromatic heterocycles. The lowest BCUT2D eigenvalue weighted by molar-refractivity contribution is 0.101. The van der Waals surface area contributed by atoms with Crippen molar-refractivity contribution in [3.63, 3.8) is 0 Å². The minimum Gasteiger partial charge on any atom is -0.370 e. The summed E-state index contributed by atoms with van der Waals surface area (Å²) in [4.78, 5) is 13.9. The number of hydrogen-bond acceptors (Lipinski definition) is 3. The number of carbonyl (C=O) groups excluding carboxylic acids is 1. The monoisotopic (exact) mass is 235 g/mol. The lowest BCUT2D eigenvalue weighted by Crippen LogP contribution is -2.27. The van der Waals surface area contributed by atoms with Crippen molar-refractivity contribution in [3.8, 4) is 0 Å². The van der Waals surface area contributed by atoms with Gasteiger partial charge in [-0.05, 0) is 31.2 Å². The molecule has 3 heteroatoms. The quantitative estimate of drug-likeness (QED) is 0.735. The average Bonchev–Trinajstić information content (AvgIpc) is 2.57. The second kappa shape index (κ2) is 5.39. The Hall–Kier alpha value is -0.960. The molecule has 0 bridgehead atoms. The molecule has 0 saturated carbocycles. The molecule has 0 radical (unpaired) electrons. The highest BCUT2D eigenvalue weighted by atomic mass is 32.2. The fourth-order valence-corrected chi connectivity index (χ4v) is 2.92. The zero-order valence-electron chi connectivity index (χ0n) is 9.61. The van der Waals surface area contributed by atoms with E-state index in [1.54, 1.807) is 6.92 Å². The number of benzene rings is 1. The maximum atomic E-state index is 11.6. The topological polar surface area (TPSA) is 20.3 Å². The van der Waals surface area contributed by atoms with Crippen LogP contribution in [0.15, 0.2) is 24.3 Å². The van der Waals surface area contributed by atoms with Gasteiger partial charge in [0.05, 0.1) is 0 Å². The summed E-state index contributed by atoms with van der Waals surface area (Å²) < 4.78 is 0. The Morgan fingerprint density at radius 3 is 2.88 bits per heavy atom. The van der Waals surface area contributed by atoms with E-state index in [1.165, 1.54) is 12.2 Å². The summed E-state index contributed by atoms with van der Waals surface area (Å²) in [5, 5.41) is 0. The molecule has 2 rings (SSSR count). The third kappa shape index (κ3) is 2.59. The average molecular weight is 235 g/mol. The fraction of sp³-hybridized carbons (Fsp3) is 0.462. The zero-order chi connectivity index (χ0) is 11.4. The standard InChI is InChI=1S/C13H17NOS/c1-11(15)12-5-2-3-6-13(12)14-7-4-9-16-10-8-14/h2-3,5-6H,4,7-10H2,1H3. The Labute approximate surface area is 101 Å². The van der Waals surface area contributed by atoms with E-state index >= 15 is 0 Å². The van der Waals surface area contributed by atoms with Crippen molar-refractivity contribution in [2.45, 2.75) is 13.3 Å². The summed E-state index contributed by atoms with van der Waals surface area (Å²) in [6.45, 7) is 3.76. The molecule has 1 saturated heterocycles. The van der Waals surface area contributed by atoms with Gasteiger partial charge in [0.25, 0.3) is 0 Å². The summed E-state index contributed by atoms with van der Waals surface area (Å²) in [6.07, 6.45) is 1.21. The molecule has 86 valence electrons. The molecule has 0 amide bonds. The lowest BCUT2D eigenvalue weighted by atomic mass is 10.1. The normalized spacial score (nSPS) is 16.9. The van der Waals surface area contributed by atoms with Gasteiger partial charge >= 0.3 is 0 Å². The molecule has 1 fully saturated rings. The Morgan fingerprint density at radius 2 is 2.06 bits per heavy atom. The SMILES string of the molecule is CC(=O)c1ccccc1N1CCCSCC1. The van der Waals surface area contributed by atoms with Gasteiger partial charge in [0, 0.05) is 30.1 Å². The van der Waals surface area contributed by atoms with E-state index in [4.69, 9.17) is 0 Å². The van der Waals surface area contributed by atoms with Crippen molar-refractivity contribution < 1.29 is 4.79 Å². The number of thioether (sulfide) groups is 1. The van der Waals surface area contributed by atoms with E-state index in [0.29, 0.717) is 0 Å². The first kappa shape index (κ1) is 11.5. The number of para-hydroxylation sites is 1. The van der Waals surface area contributed by atoms with Gasteiger partial charge < -0.3 is 4.90 Å². The predicted molar refractivity (Wildman–Crippen MR) is 70.6 cm³/mol. The van der Waals surface area contributed by atoms with Gasteiger partial charge in [0.2, 0.25) is 0 Å². The summed E-state index contributed by atoms with van der Waals surface area (Å²) in [5.41, 5.74) is 1.96. The Kier molecular flexibility index (Phi) is 3.88. The van der Waals surface area contributed by atoms with Crippen molar-refractivity contribution in [2.24, 2.45) is 0 Å². The molecule has 1 aromatic carbocycles. The number of carbonyl (C=O) groups is 1. The first-order valence-electron chi connectivity index (χ1n) is 5.71. The Bertz CT molecular complexity index is 370. The highest BCUT2D eigenvalue weighted by Gasteiger charge is 2.14. The van der Waals surface area contributed by atoms with Gasteiger partial charge in [-0.1, -0.05) is 12.1 Å². The van der Waals surface area contributed by atoms with Gasteiger partial charge in [0.1, 0.15) is 0 Å². The van der Waals surface area contributed by atoms with Crippen molar-refractivity contribution in [2.75, 3.05) is 29.5 Å². The van der Waals surface area contributed by atoms with Crippen molar-refractivity contribution in [1.82, 2.24) is 0 Å². The zero-order valence-corrected chi connectivity index (χ0v) is 10.4. The molecule has 0 unspecified atom stereocenters. The van der Waals surface area contributed by atoms with Crippen LogP contribution < -0.4 is 4.90 Å². The van der Waals surface area contributed by atoms with Crippen LogP contribution in [0.3, 0.4) is 0 Å². The molecule has 2 nitrogen and oxygen atoms in total. The predicted octanol–water partition coefficient (Wildman–Crippen LogP) is 2.83. The fourth-order valence-electron chi connectivity index (χ4n) is 2.03. The van der Waals surface area contributed by atoms with Crippen LogP contribution in [0, 0.1) is 0 Å². The smallest absolute Gasteiger partial charge is 0.161 e. The van der Waals surface area contributed by atoms with Crippen molar-refractivity contribution >= 4 is 23.2 Å². The molecular weight excluding hydrogens is 218 g/mol. The number of nitrogens with zero attached hydrogens (tertiary/aromatic N) is 1. The van der Waals surface area contributed by atoms with E-state index in [2.05, 4.69) is 11.0 Å². The van der Waals surface area contributed by atoms with Gasteiger partial charge in [-0.2, -0.15) is 11.8 Å². The van der Waals surface area contributed by atoms with Crippen LogP contribution in [-0.4, -0.2) is 30.4 Å². The third-order valence-corrected chi connectivity index (χ3v) is 3.89. The van der Waals surface area contributed by atoms with Crippen LogP contribution in [0.25, 0.3) is 0 Å².